The average molecular weight is 162 g/mol. The second-order valence-electron chi connectivity index (χ2n) is 1.80. The van der Waals surface area contributed by atoms with Gasteiger partial charge in [-0.3, -0.25) is 4.79 Å². The largest absolute Gasteiger partial charge is 0.438 e. The Morgan fingerprint density at radius 1 is 1.18 bits per heavy atom. The molecule has 0 radical (unpaired) electrons. The van der Waals surface area contributed by atoms with E-state index < -0.39 is 0 Å². The molecule has 0 amide bonds. The Hall–Kier alpha value is -0.610. The molecule has 0 unspecified atom stereocenters. The third-order valence-corrected chi connectivity index (χ3v) is 0.963. The lowest BCUT2D eigenvalue weighted by Gasteiger charge is -2.03. The predicted octanol–water partition coefficient (Wildman–Crippen LogP) is 0.908. The van der Waals surface area contributed by atoms with Crippen LogP contribution in [0.5, 0.6) is 0 Å². The molecule has 0 spiro atoms. The Morgan fingerprint density at radius 2 is 1.91 bits per heavy atom. The Kier molecular flexibility index (Phi) is 7.08. The first-order valence-electron chi connectivity index (χ1n) is 3.62. The highest BCUT2D eigenvalue weighted by Crippen LogP contribution is 1.85. The Labute approximate surface area is 66.4 Å². The van der Waals surface area contributed by atoms with E-state index in [1.807, 2.05) is 6.92 Å². The molecule has 0 N–H and O–H groups in total. The van der Waals surface area contributed by atoms with Gasteiger partial charge in [-0.25, -0.2) is 0 Å². The minimum Gasteiger partial charge on any atom is -0.438 e. The Bertz CT molecular complexity index is 103. The van der Waals surface area contributed by atoms with Crippen LogP contribution in [0.15, 0.2) is 0 Å². The van der Waals surface area contributed by atoms with Gasteiger partial charge in [-0.1, -0.05) is 6.92 Å². The molecule has 0 aliphatic heterocycles. The lowest BCUT2D eigenvalue weighted by molar-refractivity contribution is -0.167. The minimum atomic E-state index is -0.263. The molecule has 11 heavy (non-hydrogen) atoms. The number of rotatable bonds is 6. The fraction of sp³-hybridized carbons (Fsp3) is 0.857. The van der Waals surface area contributed by atoms with Gasteiger partial charge in [0.05, 0.1) is 0 Å². The van der Waals surface area contributed by atoms with Crippen LogP contribution in [0.3, 0.4) is 0 Å². The van der Waals surface area contributed by atoms with Crippen molar-refractivity contribution in [2.45, 2.75) is 20.3 Å². The third-order valence-electron chi connectivity index (χ3n) is 0.963. The van der Waals surface area contributed by atoms with Crippen molar-refractivity contribution in [3.05, 3.63) is 0 Å². The lowest BCUT2D eigenvalue weighted by Crippen LogP contribution is -2.08. The van der Waals surface area contributed by atoms with Gasteiger partial charge >= 0.3 is 5.97 Å². The maximum absolute atomic E-state index is 10.5. The van der Waals surface area contributed by atoms with Crippen LogP contribution in [0.2, 0.25) is 0 Å². The molecule has 0 saturated carbocycles. The van der Waals surface area contributed by atoms with Crippen molar-refractivity contribution < 1.29 is 19.0 Å². The van der Waals surface area contributed by atoms with Crippen molar-refractivity contribution in [1.29, 1.82) is 0 Å². The second kappa shape index (κ2) is 7.50. The second-order valence-corrected chi connectivity index (χ2v) is 1.80. The average Bonchev–Trinajstić information content (AvgIpc) is 2.04. The van der Waals surface area contributed by atoms with Crippen LogP contribution < -0.4 is 0 Å². The summed E-state index contributed by atoms with van der Waals surface area (Å²) in [6, 6.07) is 0. The molecule has 0 saturated heterocycles. The summed E-state index contributed by atoms with van der Waals surface area (Å²) >= 11 is 0. The molecule has 0 aromatic carbocycles. The van der Waals surface area contributed by atoms with Gasteiger partial charge in [0.2, 0.25) is 0 Å². The summed E-state index contributed by atoms with van der Waals surface area (Å²) < 4.78 is 14.2. The summed E-state index contributed by atoms with van der Waals surface area (Å²) in [5.41, 5.74) is 0. The van der Waals surface area contributed by atoms with Gasteiger partial charge in [-0.15, -0.1) is 0 Å². The number of ether oxygens (including phenoxy) is 3. The highest BCUT2D eigenvalue weighted by atomic mass is 16.7. The van der Waals surface area contributed by atoms with Gasteiger partial charge in [0.25, 0.3) is 0 Å². The number of hydrogen-bond donors (Lipinski definition) is 0. The summed E-state index contributed by atoms with van der Waals surface area (Å²) in [5.74, 6) is -0.263. The first kappa shape index (κ1) is 10.4. The molecule has 0 fully saturated rings. The van der Waals surface area contributed by atoms with Crippen molar-refractivity contribution in [2.75, 3.05) is 20.2 Å². The van der Waals surface area contributed by atoms with E-state index in [2.05, 4.69) is 4.74 Å². The fourth-order valence-electron chi connectivity index (χ4n) is 0.386. The van der Waals surface area contributed by atoms with E-state index >= 15 is 0 Å². The monoisotopic (exact) mass is 162 g/mol. The van der Waals surface area contributed by atoms with E-state index in [4.69, 9.17) is 9.47 Å². The maximum atomic E-state index is 10.5. The first-order chi connectivity index (χ1) is 5.31. The number of esters is 1. The van der Waals surface area contributed by atoms with Crippen molar-refractivity contribution in [3.63, 3.8) is 0 Å². The third kappa shape index (κ3) is 7.29. The van der Waals surface area contributed by atoms with Crippen LogP contribution in [0, 0.1) is 0 Å². The molecule has 4 nitrogen and oxygen atoms in total. The minimum absolute atomic E-state index is 0.0212. The zero-order chi connectivity index (χ0) is 8.53. The molecule has 0 heterocycles. The van der Waals surface area contributed by atoms with Crippen molar-refractivity contribution >= 4 is 5.97 Å². The number of carbonyl (C=O) groups excluding carboxylic acids is 1. The van der Waals surface area contributed by atoms with Crippen LogP contribution in [0.1, 0.15) is 20.3 Å². The standard InChI is InChI=1S/C7H14O4/c1-3-7(8)11-6-10-5-9-4-2/h3-6H2,1-2H3. The van der Waals surface area contributed by atoms with Crippen LogP contribution in [0.4, 0.5) is 0 Å². The van der Waals surface area contributed by atoms with Gasteiger partial charge in [0, 0.05) is 13.0 Å². The SMILES string of the molecule is CCOCOCOC(=O)CC. The predicted molar refractivity (Wildman–Crippen MR) is 38.8 cm³/mol. The molecule has 66 valence electrons. The van der Waals surface area contributed by atoms with E-state index in [1.165, 1.54) is 0 Å². The van der Waals surface area contributed by atoms with Gasteiger partial charge in [-0.2, -0.15) is 0 Å². The van der Waals surface area contributed by atoms with E-state index in [0.29, 0.717) is 13.0 Å². The van der Waals surface area contributed by atoms with Crippen molar-refractivity contribution in [3.8, 4) is 0 Å². The van der Waals surface area contributed by atoms with Gasteiger partial charge in [-0.05, 0) is 6.92 Å². The van der Waals surface area contributed by atoms with Gasteiger partial charge in [0.15, 0.2) is 13.6 Å². The van der Waals surface area contributed by atoms with E-state index in [1.54, 1.807) is 6.92 Å². The highest BCUT2D eigenvalue weighted by molar-refractivity contribution is 5.68. The summed E-state index contributed by atoms with van der Waals surface area (Å²) in [4.78, 5) is 10.5. The Morgan fingerprint density at radius 3 is 2.45 bits per heavy atom. The molecule has 0 aromatic heterocycles. The first-order valence-corrected chi connectivity index (χ1v) is 3.62. The number of carbonyl (C=O) groups is 1. The molecule has 0 aliphatic rings. The summed E-state index contributed by atoms with van der Waals surface area (Å²) in [6.45, 7) is 4.34. The quantitative estimate of drug-likeness (QED) is 0.331. The molecular formula is C7H14O4. The van der Waals surface area contributed by atoms with Crippen molar-refractivity contribution in [2.24, 2.45) is 0 Å². The molecule has 4 heteroatoms. The maximum Gasteiger partial charge on any atom is 0.307 e. The van der Waals surface area contributed by atoms with Gasteiger partial charge in [0.1, 0.15) is 0 Å². The Balaban J connectivity index is 2.95. The topological polar surface area (TPSA) is 44.8 Å². The van der Waals surface area contributed by atoms with Gasteiger partial charge < -0.3 is 14.2 Å². The molecule has 0 aromatic rings. The summed E-state index contributed by atoms with van der Waals surface area (Å²) in [7, 11) is 0. The van der Waals surface area contributed by atoms with Crippen LogP contribution in [0.25, 0.3) is 0 Å². The fourth-order valence-corrected chi connectivity index (χ4v) is 0.386. The summed E-state index contributed by atoms with van der Waals surface area (Å²) in [5, 5.41) is 0. The number of hydrogen-bond acceptors (Lipinski definition) is 4. The molecule has 0 bridgehead atoms. The zero-order valence-corrected chi connectivity index (χ0v) is 6.96. The van der Waals surface area contributed by atoms with Crippen molar-refractivity contribution in [1.82, 2.24) is 0 Å². The van der Waals surface area contributed by atoms with E-state index in [9.17, 15) is 4.79 Å². The van der Waals surface area contributed by atoms with Crippen LogP contribution in [-0.2, 0) is 19.0 Å². The van der Waals surface area contributed by atoms with E-state index in [-0.39, 0.29) is 19.6 Å². The summed E-state index contributed by atoms with van der Waals surface area (Å²) in [6.07, 6.45) is 0.373. The van der Waals surface area contributed by atoms with Crippen LogP contribution >= 0.6 is 0 Å². The normalized spacial score (nSPS) is 9.64. The highest BCUT2D eigenvalue weighted by Gasteiger charge is 1.95. The molecular weight excluding hydrogens is 148 g/mol. The van der Waals surface area contributed by atoms with E-state index in [0.717, 1.165) is 0 Å². The molecule has 0 atom stereocenters. The smallest absolute Gasteiger partial charge is 0.307 e. The van der Waals surface area contributed by atoms with Crippen LogP contribution in [-0.4, -0.2) is 26.2 Å². The molecule has 0 rings (SSSR count). The lowest BCUT2D eigenvalue weighted by atomic mass is 10.5. The molecule has 0 aliphatic carbocycles. The zero-order valence-electron chi connectivity index (χ0n) is 6.96.